The molecule has 0 radical (unpaired) electrons. The highest BCUT2D eigenvalue weighted by Crippen LogP contribution is 2.33. The van der Waals surface area contributed by atoms with Crippen molar-refractivity contribution in [1.82, 2.24) is 15.5 Å². The van der Waals surface area contributed by atoms with Gasteiger partial charge in [0.25, 0.3) is 0 Å². The highest BCUT2D eigenvalue weighted by Gasteiger charge is 2.39. The molecule has 0 spiro atoms. The Labute approximate surface area is 90.4 Å². The lowest BCUT2D eigenvalue weighted by molar-refractivity contribution is 0.283. The van der Waals surface area contributed by atoms with E-state index in [1.54, 1.807) is 0 Å². The Bertz CT molecular complexity index is 326. The second-order valence-electron chi connectivity index (χ2n) is 4.67. The van der Waals surface area contributed by atoms with E-state index in [1.165, 1.54) is 0 Å². The topological polar surface area (TPSA) is 51.0 Å². The monoisotopic (exact) mass is 209 g/mol. The van der Waals surface area contributed by atoms with E-state index >= 15 is 0 Å². The van der Waals surface area contributed by atoms with Crippen LogP contribution in [0.25, 0.3) is 0 Å². The van der Waals surface area contributed by atoms with Gasteiger partial charge in [-0.25, -0.2) is 0 Å². The van der Waals surface area contributed by atoms with Crippen molar-refractivity contribution in [3.63, 3.8) is 0 Å². The molecular formula is C11H19N3O. The van der Waals surface area contributed by atoms with Crippen LogP contribution < -0.4 is 5.32 Å². The molecule has 0 saturated carbocycles. The van der Waals surface area contributed by atoms with Crippen LogP contribution in [0.4, 0.5) is 0 Å². The standard InChI is InChI=1S/C11H19N3O/c1-4-11(5-6-12-7-11)10-13-9(8(2)3)14-15-10/h8,12H,4-7H2,1-3H3. The summed E-state index contributed by atoms with van der Waals surface area (Å²) in [5, 5.41) is 7.41. The predicted molar refractivity (Wildman–Crippen MR) is 57.8 cm³/mol. The Morgan fingerprint density at radius 1 is 1.53 bits per heavy atom. The molecule has 2 rings (SSSR count). The Kier molecular flexibility index (Phi) is 2.78. The molecule has 1 unspecified atom stereocenters. The highest BCUT2D eigenvalue weighted by molar-refractivity contribution is 5.10. The first kappa shape index (κ1) is 10.6. The molecule has 15 heavy (non-hydrogen) atoms. The Morgan fingerprint density at radius 2 is 2.33 bits per heavy atom. The number of hydrogen-bond donors (Lipinski definition) is 1. The van der Waals surface area contributed by atoms with Gasteiger partial charge in [0.2, 0.25) is 5.89 Å². The average molecular weight is 209 g/mol. The third kappa shape index (κ3) is 1.78. The van der Waals surface area contributed by atoms with E-state index in [1.807, 2.05) is 0 Å². The van der Waals surface area contributed by atoms with Crippen molar-refractivity contribution in [2.24, 2.45) is 0 Å². The summed E-state index contributed by atoms with van der Waals surface area (Å²) < 4.78 is 5.40. The first-order valence-electron chi connectivity index (χ1n) is 5.73. The number of nitrogens with one attached hydrogen (secondary N) is 1. The van der Waals surface area contributed by atoms with Crippen LogP contribution in [0.3, 0.4) is 0 Å². The average Bonchev–Trinajstić information content (AvgIpc) is 2.87. The fraction of sp³-hybridized carbons (Fsp3) is 0.818. The first-order valence-corrected chi connectivity index (χ1v) is 5.73. The zero-order valence-electron chi connectivity index (χ0n) is 9.71. The minimum absolute atomic E-state index is 0.0835. The Morgan fingerprint density at radius 3 is 2.80 bits per heavy atom. The van der Waals surface area contributed by atoms with Gasteiger partial charge in [0.05, 0.1) is 5.41 Å². The van der Waals surface area contributed by atoms with E-state index in [-0.39, 0.29) is 5.41 Å². The van der Waals surface area contributed by atoms with Crippen LogP contribution in [-0.4, -0.2) is 23.2 Å². The normalized spacial score (nSPS) is 26.4. The van der Waals surface area contributed by atoms with Crippen LogP contribution in [0.1, 0.15) is 51.2 Å². The van der Waals surface area contributed by atoms with Crippen molar-refractivity contribution in [2.75, 3.05) is 13.1 Å². The SMILES string of the molecule is CCC1(c2nc(C(C)C)no2)CCNC1. The fourth-order valence-corrected chi connectivity index (χ4v) is 2.06. The molecule has 1 aromatic rings. The Balaban J connectivity index is 2.27. The zero-order valence-corrected chi connectivity index (χ0v) is 9.71. The minimum Gasteiger partial charge on any atom is -0.339 e. The van der Waals surface area contributed by atoms with Crippen molar-refractivity contribution in [3.8, 4) is 0 Å². The van der Waals surface area contributed by atoms with Gasteiger partial charge in [-0.1, -0.05) is 25.9 Å². The van der Waals surface area contributed by atoms with Gasteiger partial charge in [0.15, 0.2) is 5.82 Å². The molecule has 0 amide bonds. The predicted octanol–water partition coefficient (Wildman–Crippen LogP) is 1.83. The largest absolute Gasteiger partial charge is 0.339 e. The smallest absolute Gasteiger partial charge is 0.234 e. The molecule has 0 aliphatic carbocycles. The van der Waals surface area contributed by atoms with E-state index < -0.39 is 0 Å². The van der Waals surface area contributed by atoms with Crippen LogP contribution in [0.2, 0.25) is 0 Å². The molecule has 4 heteroatoms. The molecule has 1 fully saturated rings. The zero-order chi connectivity index (χ0) is 10.9. The molecule has 1 aliphatic rings. The van der Waals surface area contributed by atoms with Gasteiger partial charge in [-0.3, -0.25) is 0 Å². The van der Waals surface area contributed by atoms with E-state index in [9.17, 15) is 0 Å². The van der Waals surface area contributed by atoms with Gasteiger partial charge in [-0.15, -0.1) is 0 Å². The van der Waals surface area contributed by atoms with Gasteiger partial charge in [0, 0.05) is 12.5 Å². The van der Waals surface area contributed by atoms with Crippen molar-refractivity contribution in [3.05, 3.63) is 11.7 Å². The molecule has 0 aromatic carbocycles. The lowest BCUT2D eigenvalue weighted by Crippen LogP contribution is -2.28. The lowest BCUT2D eigenvalue weighted by atomic mass is 9.84. The molecule has 4 nitrogen and oxygen atoms in total. The van der Waals surface area contributed by atoms with E-state index in [0.29, 0.717) is 5.92 Å². The molecular weight excluding hydrogens is 190 g/mol. The summed E-state index contributed by atoms with van der Waals surface area (Å²) in [4.78, 5) is 4.52. The van der Waals surface area contributed by atoms with Crippen LogP contribution >= 0.6 is 0 Å². The lowest BCUT2D eigenvalue weighted by Gasteiger charge is -2.20. The quantitative estimate of drug-likeness (QED) is 0.825. The maximum absolute atomic E-state index is 5.40. The van der Waals surface area contributed by atoms with Crippen LogP contribution in [0, 0.1) is 0 Å². The number of nitrogens with zero attached hydrogens (tertiary/aromatic N) is 2. The molecule has 1 saturated heterocycles. The van der Waals surface area contributed by atoms with Gasteiger partial charge < -0.3 is 9.84 Å². The molecule has 1 N–H and O–H groups in total. The van der Waals surface area contributed by atoms with E-state index in [0.717, 1.165) is 37.6 Å². The van der Waals surface area contributed by atoms with Crippen molar-refractivity contribution in [1.29, 1.82) is 0 Å². The molecule has 84 valence electrons. The maximum atomic E-state index is 5.40. The van der Waals surface area contributed by atoms with Crippen molar-refractivity contribution >= 4 is 0 Å². The van der Waals surface area contributed by atoms with E-state index in [2.05, 4.69) is 36.2 Å². The van der Waals surface area contributed by atoms with Gasteiger partial charge >= 0.3 is 0 Å². The van der Waals surface area contributed by atoms with Gasteiger partial charge in [-0.05, 0) is 19.4 Å². The second-order valence-corrected chi connectivity index (χ2v) is 4.67. The third-order valence-corrected chi connectivity index (χ3v) is 3.33. The molecule has 2 heterocycles. The summed E-state index contributed by atoms with van der Waals surface area (Å²) in [6, 6.07) is 0. The number of hydrogen-bond acceptors (Lipinski definition) is 4. The first-order chi connectivity index (χ1) is 7.18. The molecule has 1 aliphatic heterocycles. The minimum atomic E-state index is 0.0835. The summed E-state index contributed by atoms with van der Waals surface area (Å²) in [5.41, 5.74) is 0.0835. The molecule has 1 aromatic heterocycles. The van der Waals surface area contributed by atoms with Crippen molar-refractivity contribution in [2.45, 2.75) is 44.9 Å². The summed E-state index contributed by atoms with van der Waals surface area (Å²) in [7, 11) is 0. The molecule has 0 bridgehead atoms. The highest BCUT2D eigenvalue weighted by atomic mass is 16.5. The third-order valence-electron chi connectivity index (χ3n) is 3.33. The van der Waals surface area contributed by atoms with Crippen molar-refractivity contribution < 1.29 is 4.52 Å². The second kappa shape index (κ2) is 3.93. The van der Waals surface area contributed by atoms with Crippen LogP contribution in [0.15, 0.2) is 4.52 Å². The van der Waals surface area contributed by atoms with Gasteiger partial charge in [0.1, 0.15) is 0 Å². The van der Waals surface area contributed by atoms with E-state index in [4.69, 9.17) is 4.52 Å². The maximum Gasteiger partial charge on any atom is 0.234 e. The Hall–Kier alpha value is -0.900. The summed E-state index contributed by atoms with van der Waals surface area (Å²) in [5.74, 6) is 1.98. The number of aromatic nitrogens is 2. The van der Waals surface area contributed by atoms with Crippen LogP contribution in [0.5, 0.6) is 0 Å². The summed E-state index contributed by atoms with van der Waals surface area (Å²) in [6.45, 7) is 8.36. The van der Waals surface area contributed by atoms with Crippen LogP contribution in [-0.2, 0) is 5.41 Å². The summed E-state index contributed by atoms with van der Waals surface area (Å²) >= 11 is 0. The van der Waals surface area contributed by atoms with Gasteiger partial charge in [-0.2, -0.15) is 4.98 Å². The molecule has 1 atom stereocenters. The fourth-order valence-electron chi connectivity index (χ4n) is 2.06. The summed E-state index contributed by atoms with van der Waals surface area (Å²) in [6.07, 6.45) is 2.16. The number of rotatable bonds is 3.